The Balaban J connectivity index is 2.54. The van der Waals surface area contributed by atoms with Crippen LogP contribution in [0.4, 0.5) is 0 Å². The summed E-state index contributed by atoms with van der Waals surface area (Å²) in [5, 5.41) is 0. The van der Waals surface area contributed by atoms with E-state index in [1.165, 1.54) is 7.11 Å². The molecule has 0 saturated carbocycles. The van der Waals surface area contributed by atoms with Gasteiger partial charge in [-0.15, -0.1) is 0 Å². The Morgan fingerprint density at radius 1 is 1.38 bits per heavy atom. The fourth-order valence-corrected chi connectivity index (χ4v) is 1.13. The van der Waals surface area contributed by atoms with Gasteiger partial charge in [0.2, 0.25) is 0 Å². The predicted octanol–water partition coefficient (Wildman–Crippen LogP) is 1.59. The summed E-state index contributed by atoms with van der Waals surface area (Å²) in [6.07, 6.45) is 0.875. The normalized spacial score (nSPS) is 11.9. The first-order valence-electron chi connectivity index (χ1n) is 5.24. The van der Waals surface area contributed by atoms with Crippen LogP contribution in [0, 0.1) is 0 Å². The molecule has 0 spiro atoms. The third kappa shape index (κ3) is 3.55. The second-order valence-electron chi connectivity index (χ2n) is 3.50. The van der Waals surface area contributed by atoms with Crippen LogP contribution in [0.1, 0.15) is 23.7 Å². The van der Waals surface area contributed by atoms with E-state index in [1.807, 2.05) is 6.92 Å². The summed E-state index contributed by atoms with van der Waals surface area (Å²) < 4.78 is 10.0. The van der Waals surface area contributed by atoms with Gasteiger partial charge in [-0.2, -0.15) is 0 Å². The van der Waals surface area contributed by atoms with Crippen molar-refractivity contribution in [2.45, 2.75) is 19.4 Å². The molecule has 1 aromatic carbocycles. The van der Waals surface area contributed by atoms with Crippen LogP contribution in [0.15, 0.2) is 24.3 Å². The highest BCUT2D eigenvalue weighted by Gasteiger charge is 2.05. The van der Waals surface area contributed by atoms with E-state index in [4.69, 9.17) is 10.5 Å². The van der Waals surface area contributed by atoms with E-state index in [0.29, 0.717) is 17.9 Å². The van der Waals surface area contributed by atoms with Gasteiger partial charge >= 0.3 is 5.97 Å². The zero-order chi connectivity index (χ0) is 12.0. The summed E-state index contributed by atoms with van der Waals surface area (Å²) in [5.41, 5.74) is 6.23. The molecular formula is C12H17NO3. The van der Waals surface area contributed by atoms with Crippen LogP contribution in [0.3, 0.4) is 0 Å². The van der Waals surface area contributed by atoms with Crippen LogP contribution in [0.5, 0.6) is 5.75 Å². The molecule has 0 aliphatic rings. The lowest BCUT2D eigenvalue weighted by Gasteiger charge is -2.11. The number of esters is 1. The molecule has 16 heavy (non-hydrogen) atoms. The fraction of sp³-hybridized carbons (Fsp3) is 0.417. The molecule has 1 aromatic rings. The van der Waals surface area contributed by atoms with E-state index in [1.54, 1.807) is 24.3 Å². The minimum Gasteiger partial charge on any atom is -0.492 e. The van der Waals surface area contributed by atoms with Gasteiger partial charge in [0.1, 0.15) is 12.4 Å². The third-order valence-corrected chi connectivity index (χ3v) is 2.26. The Morgan fingerprint density at radius 2 is 2.00 bits per heavy atom. The number of rotatable bonds is 5. The lowest BCUT2D eigenvalue weighted by molar-refractivity contribution is 0.0600. The topological polar surface area (TPSA) is 61.5 Å². The van der Waals surface area contributed by atoms with Crippen LogP contribution in [0.2, 0.25) is 0 Å². The molecule has 2 N–H and O–H groups in total. The molecule has 1 rings (SSSR count). The van der Waals surface area contributed by atoms with Crippen LogP contribution in [-0.2, 0) is 4.74 Å². The smallest absolute Gasteiger partial charge is 0.337 e. The number of methoxy groups -OCH3 is 1. The van der Waals surface area contributed by atoms with Crippen molar-refractivity contribution in [2.24, 2.45) is 5.73 Å². The number of ether oxygens (including phenoxy) is 2. The minimum absolute atomic E-state index is 0.0419. The number of hydrogen-bond acceptors (Lipinski definition) is 4. The van der Waals surface area contributed by atoms with Crippen molar-refractivity contribution in [1.29, 1.82) is 0 Å². The summed E-state index contributed by atoms with van der Waals surface area (Å²) in [4.78, 5) is 11.2. The van der Waals surface area contributed by atoms with Crippen LogP contribution >= 0.6 is 0 Å². The van der Waals surface area contributed by atoms with Gasteiger partial charge in [0.15, 0.2) is 0 Å². The first-order valence-corrected chi connectivity index (χ1v) is 5.24. The number of nitrogens with two attached hydrogens (primary N) is 1. The van der Waals surface area contributed by atoms with Crippen molar-refractivity contribution < 1.29 is 14.3 Å². The van der Waals surface area contributed by atoms with Crippen molar-refractivity contribution in [3.8, 4) is 5.75 Å². The lowest BCUT2D eigenvalue weighted by atomic mass is 10.2. The molecule has 0 fully saturated rings. The SMILES string of the molecule is CC[C@H](N)COc1ccc(C(=O)OC)cc1. The van der Waals surface area contributed by atoms with E-state index in [0.717, 1.165) is 6.42 Å². The summed E-state index contributed by atoms with van der Waals surface area (Å²) in [6.45, 7) is 2.49. The highest BCUT2D eigenvalue weighted by atomic mass is 16.5. The van der Waals surface area contributed by atoms with Gasteiger partial charge in [-0.1, -0.05) is 6.92 Å². The lowest BCUT2D eigenvalue weighted by Crippen LogP contribution is -2.26. The van der Waals surface area contributed by atoms with Gasteiger partial charge in [-0.25, -0.2) is 4.79 Å². The monoisotopic (exact) mass is 223 g/mol. The van der Waals surface area contributed by atoms with Crippen LogP contribution < -0.4 is 10.5 Å². The summed E-state index contributed by atoms with van der Waals surface area (Å²) >= 11 is 0. The highest BCUT2D eigenvalue weighted by molar-refractivity contribution is 5.89. The van der Waals surface area contributed by atoms with Gasteiger partial charge in [0.05, 0.1) is 12.7 Å². The van der Waals surface area contributed by atoms with Crippen molar-refractivity contribution in [3.05, 3.63) is 29.8 Å². The summed E-state index contributed by atoms with van der Waals surface area (Å²) in [5.74, 6) is 0.355. The molecule has 0 amide bonds. The largest absolute Gasteiger partial charge is 0.492 e. The molecule has 0 saturated heterocycles. The first kappa shape index (κ1) is 12.5. The molecule has 0 radical (unpaired) electrons. The van der Waals surface area contributed by atoms with Gasteiger partial charge in [-0.05, 0) is 30.7 Å². The van der Waals surface area contributed by atoms with Gasteiger partial charge < -0.3 is 15.2 Å². The average Bonchev–Trinajstić information content (AvgIpc) is 2.35. The maximum absolute atomic E-state index is 11.2. The molecule has 0 aromatic heterocycles. The minimum atomic E-state index is -0.350. The second-order valence-corrected chi connectivity index (χ2v) is 3.50. The number of hydrogen-bond donors (Lipinski definition) is 1. The molecule has 88 valence electrons. The quantitative estimate of drug-likeness (QED) is 0.770. The Hall–Kier alpha value is -1.55. The standard InChI is InChI=1S/C12H17NO3/c1-3-10(13)8-16-11-6-4-9(5-7-11)12(14)15-2/h4-7,10H,3,8,13H2,1-2H3/t10-/m0/s1. The van der Waals surface area contributed by atoms with E-state index in [9.17, 15) is 4.79 Å². The number of carbonyl (C=O) groups excluding carboxylic acids is 1. The maximum Gasteiger partial charge on any atom is 0.337 e. The van der Waals surface area contributed by atoms with Crippen LogP contribution in [-0.4, -0.2) is 25.7 Å². The van der Waals surface area contributed by atoms with E-state index < -0.39 is 0 Å². The summed E-state index contributed by atoms with van der Waals surface area (Å²) in [6, 6.07) is 6.83. The van der Waals surface area contributed by atoms with E-state index in [-0.39, 0.29) is 12.0 Å². The molecule has 0 aliphatic heterocycles. The molecule has 0 unspecified atom stereocenters. The highest BCUT2D eigenvalue weighted by Crippen LogP contribution is 2.13. The number of carbonyl (C=O) groups is 1. The Labute approximate surface area is 95.3 Å². The third-order valence-electron chi connectivity index (χ3n) is 2.26. The van der Waals surface area contributed by atoms with Crippen molar-refractivity contribution in [2.75, 3.05) is 13.7 Å². The summed E-state index contributed by atoms with van der Waals surface area (Å²) in [7, 11) is 1.35. The van der Waals surface area contributed by atoms with Gasteiger partial charge in [-0.3, -0.25) is 0 Å². The molecular weight excluding hydrogens is 206 g/mol. The molecule has 0 aliphatic carbocycles. The van der Waals surface area contributed by atoms with E-state index in [2.05, 4.69) is 4.74 Å². The molecule has 0 bridgehead atoms. The van der Waals surface area contributed by atoms with Gasteiger partial charge in [0.25, 0.3) is 0 Å². The Morgan fingerprint density at radius 3 is 2.50 bits per heavy atom. The second kappa shape index (κ2) is 6.12. The van der Waals surface area contributed by atoms with E-state index >= 15 is 0 Å². The first-order chi connectivity index (χ1) is 7.67. The Bertz CT molecular complexity index is 335. The zero-order valence-corrected chi connectivity index (χ0v) is 9.60. The fourth-order valence-electron chi connectivity index (χ4n) is 1.13. The molecule has 4 heteroatoms. The molecule has 0 heterocycles. The zero-order valence-electron chi connectivity index (χ0n) is 9.60. The maximum atomic E-state index is 11.2. The average molecular weight is 223 g/mol. The molecule has 4 nitrogen and oxygen atoms in total. The van der Waals surface area contributed by atoms with Crippen molar-refractivity contribution in [1.82, 2.24) is 0 Å². The predicted molar refractivity (Wildman–Crippen MR) is 61.5 cm³/mol. The van der Waals surface area contributed by atoms with Crippen molar-refractivity contribution >= 4 is 5.97 Å². The van der Waals surface area contributed by atoms with Gasteiger partial charge in [0, 0.05) is 6.04 Å². The van der Waals surface area contributed by atoms with Crippen molar-refractivity contribution in [3.63, 3.8) is 0 Å². The molecule has 1 atom stereocenters. The Kier molecular flexibility index (Phi) is 4.79. The van der Waals surface area contributed by atoms with Crippen LogP contribution in [0.25, 0.3) is 0 Å². The number of benzene rings is 1.